The molecule has 0 aliphatic rings. The average molecular weight is 341 g/mol. The van der Waals surface area contributed by atoms with E-state index in [2.05, 4.69) is 5.10 Å². The van der Waals surface area contributed by atoms with Crippen molar-refractivity contribution in [2.45, 2.75) is 6.18 Å². The van der Waals surface area contributed by atoms with Gasteiger partial charge in [0.1, 0.15) is 11.4 Å². The molecule has 4 nitrogen and oxygen atoms in total. The number of amides is 1. The van der Waals surface area contributed by atoms with Crippen LogP contribution in [0.25, 0.3) is 0 Å². The van der Waals surface area contributed by atoms with E-state index >= 15 is 0 Å². The molecule has 0 bridgehead atoms. The van der Waals surface area contributed by atoms with Crippen molar-refractivity contribution >= 4 is 11.6 Å². The molecule has 2 aromatic rings. The minimum absolute atomic E-state index is 0.0772. The molecule has 0 fully saturated rings. The minimum Gasteiger partial charge on any atom is -0.316 e. The fraction of sp³-hybridized carbons (Fsp3) is 0.167. The van der Waals surface area contributed by atoms with E-state index in [1.54, 1.807) is 0 Å². The molecular weight excluding hydrogens is 335 g/mol. The molecule has 1 heterocycles. The zero-order valence-corrected chi connectivity index (χ0v) is 11.1. The van der Waals surface area contributed by atoms with Crippen molar-refractivity contribution in [1.82, 2.24) is 9.78 Å². The molecule has 1 aromatic carbocycles. The first kappa shape index (κ1) is 16.8. The number of anilines is 1. The summed E-state index contributed by atoms with van der Waals surface area (Å²) in [4.78, 5) is 11.8. The van der Waals surface area contributed by atoms with Crippen molar-refractivity contribution in [2.24, 2.45) is 7.05 Å². The van der Waals surface area contributed by atoms with Crippen molar-refractivity contribution in [2.75, 3.05) is 5.32 Å². The van der Waals surface area contributed by atoms with Crippen LogP contribution < -0.4 is 5.32 Å². The molecule has 1 aromatic heterocycles. The lowest BCUT2D eigenvalue weighted by Crippen LogP contribution is -2.18. The number of aryl methyl sites for hydroxylation is 1. The van der Waals surface area contributed by atoms with Gasteiger partial charge in [-0.3, -0.25) is 9.48 Å². The largest absolute Gasteiger partial charge is 0.435 e. The number of rotatable bonds is 2. The minimum atomic E-state index is -4.85. The van der Waals surface area contributed by atoms with E-state index in [9.17, 15) is 35.5 Å². The van der Waals surface area contributed by atoms with Crippen LogP contribution in [0.2, 0.25) is 0 Å². The lowest BCUT2D eigenvalue weighted by molar-refractivity contribution is -0.141. The summed E-state index contributed by atoms with van der Waals surface area (Å²) in [5.74, 6) is -8.77. The normalized spacial score (nSPS) is 11.7. The molecule has 2 rings (SSSR count). The van der Waals surface area contributed by atoms with Crippen LogP contribution in [0.1, 0.15) is 16.2 Å². The molecule has 1 N–H and O–H groups in total. The highest BCUT2D eigenvalue weighted by Crippen LogP contribution is 2.29. The van der Waals surface area contributed by atoms with E-state index in [0.29, 0.717) is 10.7 Å². The monoisotopic (exact) mass is 341 g/mol. The van der Waals surface area contributed by atoms with E-state index in [4.69, 9.17) is 0 Å². The second-order valence-corrected chi connectivity index (χ2v) is 4.33. The van der Waals surface area contributed by atoms with E-state index in [1.807, 2.05) is 0 Å². The summed E-state index contributed by atoms with van der Waals surface area (Å²) >= 11 is 0. The Hall–Kier alpha value is -2.59. The van der Waals surface area contributed by atoms with Gasteiger partial charge in [0.25, 0.3) is 5.91 Å². The third-order valence-corrected chi connectivity index (χ3v) is 2.75. The Kier molecular flexibility index (Phi) is 4.05. The van der Waals surface area contributed by atoms with Crippen molar-refractivity contribution in [3.63, 3.8) is 0 Å². The third kappa shape index (κ3) is 3.12. The SMILES string of the molecule is Cn1nc(C(F)(F)F)cc1C(=O)Nc1c(F)c(F)cc(F)c1F. The van der Waals surface area contributed by atoms with Gasteiger partial charge in [0.2, 0.25) is 0 Å². The standard InChI is InChI=1S/C12H6F7N3O/c1-22-6(3-7(21-22)12(17,18)19)11(23)20-10-8(15)4(13)2-5(14)9(10)16/h2-3H,1H3,(H,20,23). The Balaban J connectivity index is 2.40. The molecule has 1 amide bonds. The number of carbonyl (C=O) groups excluding carboxylic acids is 1. The molecule has 0 unspecified atom stereocenters. The molecule has 0 aliphatic heterocycles. The van der Waals surface area contributed by atoms with Crippen LogP contribution in [0, 0.1) is 23.3 Å². The van der Waals surface area contributed by atoms with Gasteiger partial charge in [-0.25, -0.2) is 17.6 Å². The summed E-state index contributed by atoms with van der Waals surface area (Å²) in [7, 11) is 0.975. The molecular formula is C12H6F7N3O. The van der Waals surface area contributed by atoms with Crippen LogP contribution in [0.5, 0.6) is 0 Å². The molecule has 0 aliphatic carbocycles. The third-order valence-electron chi connectivity index (χ3n) is 2.75. The molecule has 0 spiro atoms. The quantitative estimate of drug-likeness (QED) is 0.673. The van der Waals surface area contributed by atoms with Crippen molar-refractivity contribution in [1.29, 1.82) is 0 Å². The Bertz CT molecular complexity index is 756. The molecule has 0 atom stereocenters. The number of nitrogens with one attached hydrogen (secondary N) is 1. The lowest BCUT2D eigenvalue weighted by Gasteiger charge is -2.08. The number of benzene rings is 1. The Labute approximate surface area is 123 Å². The smallest absolute Gasteiger partial charge is 0.316 e. The lowest BCUT2D eigenvalue weighted by atomic mass is 10.2. The van der Waals surface area contributed by atoms with Crippen LogP contribution in [-0.2, 0) is 13.2 Å². The Morgan fingerprint density at radius 2 is 1.61 bits per heavy atom. The number of hydrogen-bond acceptors (Lipinski definition) is 2. The summed E-state index contributed by atoms with van der Waals surface area (Å²) in [5, 5.41) is 4.50. The highest BCUT2D eigenvalue weighted by molar-refractivity contribution is 6.03. The zero-order chi connectivity index (χ0) is 17.5. The maximum Gasteiger partial charge on any atom is 0.435 e. The highest BCUT2D eigenvalue weighted by atomic mass is 19.4. The van der Waals surface area contributed by atoms with Crippen molar-refractivity contribution in [3.8, 4) is 0 Å². The molecule has 23 heavy (non-hydrogen) atoms. The number of halogens is 7. The van der Waals surface area contributed by atoms with Gasteiger partial charge in [0.05, 0.1) is 0 Å². The first-order valence-electron chi connectivity index (χ1n) is 5.78. The number of hydrogen-bond donors (Lipinski definition) is 1. The highest BCUT2D eigenvalue weighted by Gasteiger charge is 2.35. The molecule has 0 saturated carbocycles. The van der Waals surface area contributed by atoms with Gasteiger partial charge in [-0.1, -0.05) is 0 Å². The van der Waals surface area contributed by atoms with E-state index < -0.39 is 52.4 Å². The van der Waals surface area contributed by atoms with Gasteiger partial charge >= 0.3 is 6.18 Å². The summed E-state index contributed by atoms with van der Waals surface area (Å²) < 4.78 is 90.8. The first-order valence-corrected chi connectivity index (χ1v) is 5.78. The van der Waals surface area contributed by atoms with Crippen molar-refractivity contribution < 1.29 is 35.5 Å². The van der Waals surface area contributed by atoms with Crippen LogP contribution in [0.15, 0.2) is 12.1 Å². The van der Waals surface area contributed by atoms with Gasteiger partial charge in [-0.15, -0.1) is 0 Å². The summed E-state index contributed by atoms with van der Waals surface area (Å²) in [5.41, 5.74) is -3.60. The summed E-state index contributed by atoms with van der Waals surface area (Å²) in [6.07, 6.45) is -4.85. The molecule has 11 heteroatoms. The van der Waals surface area contributed by atoms with Gasteiger partial charge in [-0.05, 0) is 0 Å². The zero-order valence-electron chi connectivity index (χ0n) is 11.1. The fourth-order valence-corrected chi connectivity index (χ4v) is 1.68. The van der Waals surface area contributed by atoms with E-state index in [1.165, 1.54) is 5.32 Å². The van der Waals surface area contributed by atoms with E-state index in [-0.39, 0.29) is 6.07 Å². The van der Waals surface area contributed by atoms with Gasteiger partial charge in [-0.2, -0.15) is 18.3 Å². The van der Waals surface area contributed by atoms with Crippen LogP contribution >= 0.6 is 0 Å². The number of aromatic nitrogens is 2. The Morgan fingerprint density at radius 1 is 1.09 bits per heavy atom. The van der Waals surface area contributed by atoms with Crippen molar-refractivity contribution in [3.05, 3.63) is 46.8 Å². The molecule has 0 radical (unpaired) electrons. The number of nitrogens with zero attached hydrogens (tertiary/aromatic N) is 2. The van der Waals surface area contributed by atoms with Gasteiger partial charge < -0.3 is 5.32 Å². The average Bonchev–Trinajstić information content (AvgIpc) is 2.83. The first-order chi connectivity index (χ1) is 10.5. The van der Waals surface area contributed by atoms with Gasteiger partial charge in [0, 0.05) is 19.2 Å². The Morgan fingerprint density at radius 3 is 2.04 bits per heavy atom. The second-order valence-electron chi connectivity index (χ2n) is 4.33. The number of alkyl halides is 3. The molecule has 0 saturated heterocycles. The maximum absolute atomic E-state index is 13.4. The van der Waals surface area contributed by atoms with Crippen LogP contribution in [0.3, 0.4) is 0 Å². The topological polar surface area (TPSA) is 46.9 Å². The van der Waals surface area contributed by atoms with Crippen LogP contribution in [-0.4, -0.2) is 15.7 Å². The number of carbonyl (C=O) groups is 1. The fourth-order valence-electron chi connectivity index (χ4n) is 1.68. The maximum atomic E-state index is 13.4. The predicted molar refractivity (Wildman–Crippen MR) is 62.4 cm³/mol. The second kappa shape index (κ2) is 5.56. The van der Waals surface area contributed by atoms with Crippen LogP contribution in [0.4, 0.5) is 36.4 Å². The summed E-state index contributed by atoms with van der Waals surface area (Å²) in [6.45, 7) is 0. The van der Waals surface area contributed by atoms with E-state index in [0.717, 1.165) is 7.05 Å². The van der Waals surface area contributed by atoms with Gasteiger partial charge in [0.15, 0.2) is 29.0 Å². The molecule has 124 valence electrons. The summed E-state index contributed by atoms with van der Waals surface area (Å²) in [6, 6.07) is 0.243. The predicted octanol–water partition coefficient (Wildman–Crippen LogP) is 3.25.